The molecule has 0 spiro atoms. The quantitative estimate of drug-likeness (QED) is 0.415. The first-order valence-corrected chi connectivity index (χ1v) is 12.2. The fourth-order valence-electron chi connectivity index (χ4n) is 4.40. The minimum Gasteiger partial charge on any atom is -0.416 e. The molecule has 0 saturated carbocycles. The Balaban J connectivity index is 1.92. The molecule has 0 aliphatic rings. The maximum absolute atomic E-state index is 12.4. The van der Waals surface area contributed by atoms with Crippen LogP contribution in [0.1, 0.15) is 54.4 Å². The SMILES string of the molecule is CC(C)[Si](OCCCC(=O)Nc1cccc2cccnc12)(C(C)C)C(C)C. The minimum absolute atomic E-state index is 0.0164. The van der Waals surface area contributed by atoms with Crippen molar-refractivity contribution in [2.45, 2.75) is 71.0 Å². The molecular formula is C22H34N2O2Si. The van der Waals surface area contributed by atoms with Crippen molar-refractivity contribution in [1.29, 1.82) is 0 Å². The normalized spacial score (nSPS) is 12.3. The predicted molar refractivity (Wildman–Crippen MR) is 117 cm³/mol. The second-order valence-corrected chi connectivity index (χ2v) is 13.7. The number of rotatable bonds is 9. The van der Waals surface area contributed by atoms with Crippen molar-refractivity contribution in [1.82, 2.24) is 4.98 Å². The number of aromatic nitrogens is 1. The zero-order valence-corrected chi connectivity index (χ0v) is 18.6. The number of nitrogens with zero attached hydrogens (tertiary/aromatic N) is 1. The summed E-state index contributed by atoms with van der Waals surface area (Å²) in [5.41, 5.74) is 3.29. The van der Waals surface area contributed by atoms with Crippen LogP contribution in [0.3, 0.4) is 0 Å². The highest BCUT2D eigenvalue weighted by molar-refractivity contribution is 6.77. The monoisotopic (exact) mass is 386 g/mol. The van der Waals surface area contributed by atoms with E-state index in [2.05, 4.69) is 51.8 Å². The Kier molecular flexibility index (Phi) is 7.56. The van der Waals surface area contributed by atoms with Crippen LogP contribution in [0.15, 0.2) is 36.5 Å². The van der Waals surface area contributed by atoms with E-state index in [0.29, 0.717) is 29.7 Å². The Morgan fingerprint density at radius 1 is 1.04 bits per heavy atom. The molecule has 0 saturated heterocycles. The van der Waals surface area contributed by atoms with Crippen molar-refractivity contribution in [3.63, 3.8) is 0 Å². The van der Waals surface area contributed by atoms with Crippen LogP contribution in [0.2, 0.25) is 16.6 Å². The smallest absolute Gasteiger partial charge is 0.224 e. The van der Waals surface area contributed by atoms with Crippen LogP contribution in [0.25, 0.3) is 10.9 Å². The average molecular weight is 387 g/mol. The summed E-state index contributed by atoms with van der Waals surface area (Å²) >= 11 is 0. The summed E-state index contributed by atoms with van der Waals surface area (Å²) in [5.74, 6) is 0.0164. The standard InChI is InChI=1S/C22H34N2O2Si/c1-16(2)27(17(3)4,18(5)6)26-15-9-13-21(25)24-20-12-7-10-19-11-8-14-23-22(19)20/h7-8,10-12,14,16-18H,9,13,15H2,1-6H3,(H,24,25). The Hall–Kier alpha value is -1.72. The van der Waals surface area contributed by atoms with Crippen molar-refractivity contribution >= 4 is 30.8 Å². The number of amides is 1. The molecule has 1 heterocycles. The molecule has 2 rings (SSSR count). The number of hydrogen-bond donors (Lipinski definition) is 1. The molecule has 27 heavy (non-hydrogen) atoms. The number of carbonyl (C=O) groups is 1. The third kappa shape index (κ3) is 4.96. The molecule has 1 N–H and O–H groups in total. The van der Waals surface area contributed by atoms with Gasteiger partial charge in [0, 0.05) is 24.6 Å². The number of benzene rings is 1. The van der Waals surface area contributed by atoms with E-state index in [0.717, 1.165) is 23.0 Å². The van der Waals surface area contributed by atoms with Gasteiger partial charge in [0.15, 0.2) is 8.32 Å². The summed E-state index contributed by atoms with van der Waals surface area (Å²) in [6, 6.07) is 9.74. The van der Waals surface area contributed by atoms with Gasteiger partial charge in [-0.05, 0) is 35.2 Å². The summed E-state index contributed by atoms with van der Waals surface area (Å²) < 4.78 is 6.53. The van der Waals surface area contributed by atoms with E-state index >= 15 is 0 Å². The summed E-state index contributed by atoms with van der Waals surface area (Å²) in [7, 11) is -1.85. The van der Waals surface area contributed by atoms with Crippen LogP contribution in [-0.2, 0) is 9.22 Å². The molecule has 5 heteroatoms. The highest BCUT2D eigenvalue weighted by Crippen LogP contribution is 2.42. The lowest BCUT2D eigenvalue weighted by Crippen LogP contribution is -2.48. The van der Waals surface area contributed by atoms with Crippen molar-refractivity contribution in [2.75, 3.05) is 11.9 Å². The van der Waals surface area contributed by atoms with Gasteiger partial charge in [0.2, 0.25) is 5.91 Å². The molecule has 0 fully saturated rings. The second-order valence-electron chi connectivity index (χ2n) is 8.20. The molecule has 0 radical (unpaired) electrons. The number of fused-ring (bicyclic) bond motifs is 1. The third-order valence-corrected chi connectivity index (χ3v) is 11.6. The number of carbonyl (C=O) groups excluding carboxylic acids is 1. The number of hydrogen-bond acceptors (Lipinski definition) is 3. The Labute approximate surface area is 164 Å². The van der Waals surface area contributed by atoms with E-state index in [4.69, 9.17) is 4.43 Å². The Bertz CT molecular complexity index is 732. The summed E-state index contributed by atoms with van der Waals surface area (Å²) in [6.07, 6.45) is 2.95. The summed E-state index contributed by atoms with van der Waals surface area (Å²) in [5, 5.41) is 4.03. The topological polar surface area (TPSA) is 51.2 Å². The molecule has 0 atom stereocenters. The number of pyridine rings is 1. The molecule has 1 aromatic carbocycles. The molecule has 0 unspecified atom stereocenters. The third-order valence-electron chi connectivity index (χ3n) is 5.51. The average Bonchev–Trinajstić information content (AvgIpc) is 2.61. The highest BCUT2D eigenvalue weighted by atomic mass is 28.4. The van der Waals surface area contributed by atoms with Gasteiger partial charge in [0.1, 0.15) is 0 Å². The molecular weight excluding hydrogens is 352 g/mol. The van der Waals surface area contributed by atoms with E-state index in [9.17, 15) is 4.79 Å². The van der Waals surface area contributed by atoms with Crippen LogP contribution < -0.4 is 5.32 Å². The summed E-state index contributed by atoms with van der Waals surface area (Å²) in [4.78, 5) is 16.8. The predicted octanol–water partition coefficient (Wildman–Crippen LogP) is 6.15. The van der Waals surface area contributed by atoms with Gasteiger partial charge in [-0.15, -0.1) is 0 Å². The van der Waals surface area contributed by atoms with Crippen LogP contribution in [0.5, 0.6) is 0 Å². The van der Waals surface area contributed by atoms with Crippen molar-refractivity contribution in [3.8, 4) is 0 Å². The largest absolute Gasteiger partial charge is 0.416 e. The van der Waals surface area contributed by atoms with E-state index in [1.165, 1.54) is 0 Å². The molecule has 1 amide bonds. The lowest BCUT2D eigenvalue weighted by molar-refractivity contribution is -0.116. The fourth-order valence-corrected chi connectivity index (χ4v) is 9.90. The maximum Gasteiger partial charge on any atom is 0.224 e. The molecule has 148 valence electrons. The fraction of sp³-hybridized carbons (Fsp3) is 0.545. The lowest BCUT2D eigenvalue weighted by Gasteiger charge is -2.42. The van der Waals surface area contributed by atoms with Gasteiger partial charge in [-0.1, -0.05) is 59.7 Å². The number of anilines is 1. The van der Waals surface area contributed by atoms with E-state index < -0.39 is 8.32 Å². The maximum atomic E-state index is 12.4. The second kappa shape index (κ2) is 9.47. The van der Waals surface area contributed by atoms with Crippen LogP contribution in [-0.4, -0.2) is 25.8 Å². The van der Waals surface area contributed by atoms with Gasteiger partial charge in [-0.3, -0.25) is 9.78 Å². The first kappa shape index (κ1) is 21.6. The van der Waals surface area contributed by atoms with Crippen molar-refractivity contribution < 1.29 is 9.22 Å². The Morgan fingerprint density at radius 2 is 1.67 bits per heavy atom. The Morgan fingerprint density at radius 3 is 2.30 bits per heavy atom. The van der Waals surface area contributed by atoms with Gasteiger partial charge in [-0.25, -0.2) is 0 Å². The first-order valence-electron chi connectivity index (χ1n) is 10.1. The van der Waals surface area contributed by atoms with Crippen molar-refractivity contribution in [3.05, 3.63) is 36.5 Å². The van der Waals surface area contributed by atoms with E-state index in [-0.39, 0.29) is 5.91 Å². The highest BCUT2D eigenvalue weighted by Gasteiger charge is 2.44. The zero-order valence-electron chi connectivity index (χ0n) is 17.6. The van der Waals surface area contributed by atoms with Crippen LogP contribution in [0, 0.1) is 0 Å². The van der Waals surface area contributed by atoms with Gasteiger partial charge < -0.3 is 9.74 Å². The molecule has 0 bridgehead atoms. The molecule has 1 aromatic heterocycles. The molecule has 0 aliphatic heterocycles. The minimum atomic E-state index is -1.85. The van der Waals surface area contributed by atoms with Crippen LogP contribution >= 0.6 is 0 Å². The first-order chi connectivity index (χ1) is 12.8. The van der Waals surface area contributed by atoms with Crippen molar-refractivity contribution in [2.24, 2.45) is 0 Å². The van der Waals surface area contributed by atoms with E-state index in [1.54, 1.807) is 6.20 Å². The molecule has 2 aromatic rings. The van der Waals surface area contributed by atoms with Gasteiger partial charge in [0.05, 0.1) is 11.2 Å². The van der Waals surface area contributed by atoms with Gasteiger partial charge in [-0.2, -0.15) is 0 Å². The summed E-state index contributed by atoms with van der Waals surface area (Å²) in [6.45, 7) is 14.4. The lowest BCUT2D eigenvalue weighted by atomic mass is 10.2. The van der Waals surface area contributed by atoms with Gasteiger partial charge in [0.25, 0.3) is 0 Å². The van der Waals surface area contributed by atoms with Crippen LogP contribution in [0.4, 0.5) is 5.69 Å². The molecule has 0 aliphatic carbocycles. The zero-order chi connectivity index (χ0) is 20.0. The van der Waals surface area contributed by atoms with E-state index in [1.807, 2.05) is 30.3 Å². The molecule has 4 nitrogen and oxygen atoms in total. The van der Waals surface area contributed by atoms with Gasteiger partial charge >= 0.3 is 0 Å². The number of nitrogens with one attached hydrogen (secondary N) is 1. The number of para-hydroxylation sites is 1.